The van der Waals surface area contributed by atoms with Crippen molar-refractivity contribution in [2.75, 3.05) is 19.8 Å². The maximum Gasteiger partial charge on any atom is 0.334 e. The summed E-state index contributed by atoms with van der Waals surface area (Å²) in [5.41, 5.74) is -0.00134. The van der Waals surface area contributed by atoms with Crippen LogP contribution in [0.3, 0.4) is 0 Å². The minimum atomic E-state index is -0.644. The van der Waals surface area contributed by atoms with Crippen LogP contribution < -0.4 is 0 Å². The zero-order chi connectivity index (χ0) is 27.2. The van der Waals surface area contributed by atoms with Crippen molar-refractivity contribution in [3.05, 3.63) is 11.6 Å². The van der Waals surface area contributed by atoms with Crippen LogP contribution >= 0.6 is 0 Å². The average molecular weight is 511 g/mol. The zero-order valence-corrected chi connectivity index (χ0v) is 24.1. The summed E-state index contributed by atoms with van der Waals surface area (Å²) < 4.78 is 16.4. The Morgan fingerprint density at radius 1 is 0.611 bits per heavy atom. The van der Waals surface area contributed by atoms with E-state index in [1.54, 1.807) is 0 Å². The molecule has 0 aliphatic carbocycles. The molecule has 0 saturated carbocycles. The largest absolute Gasteiger partial charge is 0.465 e. The Hall–Kier alpha value is -1.85. The second-order valence-corrected chi connectivity index (χ2v) is 10.0. The Kier molecular flexibility index (Phi) is 21.2. The summed E-state index contributed by atoms with van der Waals surface area (Å²) in [5, 5.41) is 0. The number of hydrogen-bond donors (Lipinski definition) is 0. The highest BCUT2D eigenvalue weighted by Gasteiger charge is 2.21. The highest BCUT2D eigenvalue weighted by molar-refractivity contribution is 5.99. The molecule has 0 heterocycles. The lowest BCUT2D eigenvalue weighted by atomic mass is 10.0. The lowest BCUT2D eigenvalue weighted by Crippen LogP contribution is -2.21. The van der Waals surface area contributed by atoms with Crippen molar-refractivity contribution in [1.82, 2.24) is 0 Å². The van der Waals surface area contributed by atoms with Crippen molar-refractivity contribution in [2.24, 2.45) is 17.8 Å². The molecule has 0 bridgehead atoms. The van der Waals surface area contributed by atoms with Crippen LogP contribution in [0.25, 0.3) is 0 Å². The van der Waals surface area contributed by atoms with E-state index in [0.717, 1.165) is 83.1 Å². The third-order valence-electron chi connectivity index (χ3n) is 6.91. The molecule has 0 fully saturated rings. The van der Waals surface area contributed by atoms with Gasteiger partial charge in [-0.25, -0.2) is 9.59 Å². The Balaban J connectivity index is 5.23. The van der Waals surface area contributed by atoms with Gasteiger partial charge in [0.15, 0.2) is 0 Å². The van der Waals surface area contributed by atoms with Crippen LogP contribution in [0, 0.1) is 17.8 Å². The molecule has 36 heavy (non-hydrogen) atoms. The fraction of sp³-hybridized carbons (Fsp3) is 0.833. The van der Waals surface area contributed by atoms with E-state index in [4.69, 9.17) is 14.2 Å². The molecule has 0 aliphatic rings. The van der Waals surface area contributed by atoms with Crippen molar-refractivity contribution in [3.8, 4) is 0 Å². The van der Waals surface area contributed by atoms with Gasteiger partial charge >= 0.3 is 17.9 Å². The van der Waals surface area contributed by atoms with Crippen LogP contribution in [0.15, 0.2) is 11.6 Å². The van der Waals surface area contributed by atoms with E-state index in [9.17, 15) is 14.4 Å². The third kappa shape index (κ3) is 16.8. The van der Waals surface area contributed by atoms with Crippen LogP contribution in [-0.4, -0.2) is 37.7 Å². The Morgan fingerprint density at radius 2 is 1.03 bits per heavy atom. The maximum atomic E-state index is 12.9. The van der Waals surface area contributed by atoms with Gasteiger partial charge in [-0.3, -0.25) is 4.79 Å². The molecule has 0 rings (SSSR count). The first-order valence-electron chi connectivity index (χ1n) is 14.5. The van der Waals surface area contributed by atoms with Crippen molar-refractivity contribution < 1.29 is 28.6 Å². The molecule has 0 unspecified atom stereocenters. The molecule has 0 N–H and O–H groups in total. The molecule has 0 aromatic rings. The first-order chi connectivity index (χ1) is 17.3. The van der Waals surface area contributed by atoms with Crippen LogP contribution in [0.2, 0.25) is 0 Å². The first kappa shape index (κ1) is 34.1. The summed E-state index contributed by atoms with van der Waals surface area (Å²) in [6.45, 7) is 13.6. The normalized spacial score (nSPS) is 14.1. The quantitative estimate of drug-likeness (QED) is 0.0848. The van der Waals surface area contributed by atoms with Gasteiger partial charge in [0.25, 0.3) is 0 Å². The molecular weight excluding hydrogens is 456 g/mol. The molecule has 3 atom stereocenters. The number of carbonyl (C=O) groups excluding carboxylic acids is 3. The standard InChI is InChI=1S/C30H54O6/c1-7-13-16-24(10-4)21-34-28(31)19-27(30(33)36-23-26(12-6)18-15-9-3)20-29(32)35-22-25(11-5)17-14-8-2/h19,24-26H,7-18,20-23H2,1-6H3/b27-19+/t24-,25+,26-/m0/s1. The number of ether oxygens (including phenoxy) is 3. The highest BCUT2D eigenvalue weighted by atomic mass is 16.5. The molecular formula is C30H54O6. The van der Waals surface area contributed by atoms with E-state index < -0.39 is 17.9 Å². The second kappa shape index (κ2) is 22.4. The van der Waals surface area contributed by atoms with Gasteiger partial charge in [0, 0.05) is 6.08 Å². The fourth-order valence-corrected chi connectivity index (χ4v) is 3.96. The fourth-order valence-electron chi connectivity index (χ4n) is 3.96. The molecule has 0 spiro atoms. The maximum absolute atomic E-state index is 12.9. The number of unbranched alkanes of at least 4 members (excludes halogenated alkanes) is 3. The monoisotopic (exact) mass is 510 g/mol. The van der Waals surface area contributed by atoms with E-state index in [0.29, 0.717) is 25.0 Å². The molecule has 0 aliphatic heterocycles. The van der Waals surface area contributed by atoms with E-state index in [-0.39, 0.29) is 24.5 Å². The van der Waals surface area contributed by atoms with Crippen LogP contribution in [0.1, 0.15) is 125 Å². The summed E-state index contributed by atoms with van der Waals surface area (Å²) in [4.78, 5) is 38.0. The first-order valence-corrected chi connectivity index (χ1v) is 14.5. The Labute approximate surface area is 220 Å². The number of esters is 3. The lowest BCUT2D eigenvalue weighted by Gasteiger charge is -2.17. The van der Waals surface area contributed by atoms with Gasteiger partial charge in [-0.1, -0.05) is 99.3 Å². The molecule has 0 aromatic carbocycles. The molecule has 0 saturated heterocycles. The molecule has 0 aromatic heterocycles. The van der Waals surface area contributed by atoms with E-state index in [1.807, 2.05) is 0 Å². The van der Waals surface area contributed by atoms with E-state index in [1.165, 1.54) is 0 Å². The van der Waals surface area contributed by atoms with Crippen LogP contribution in [-0.2, 0) is 28.6 Å². The van der Waals surface area contributed by atoms with Crippen molar-refractivity contribution in [3.63, 3.8) is 0 Å². The van der Waals surface area contributed by atoms with Gasteiger partial charge in [-0.2, -0.15) is 0 Å². The van der Waals surface area contributed by atoms with Crippen LogP contribution in [0.4, 0.5) is 0 Å². The van der Waals surface area contributed by atoms with Gasteiger partial charge in [-0.15, -0.1) is 0 Å². The molecule has 0 amide bonds. The minimum absolute atomic E-state index is 0.00134. The summed E-state index contributed by atoms with van der Waals surface area (Å²) >= 11 is 0. The van der Waals surface area contributed by atoms with Gasteiger partial charge in [-0.05, 0) is 37.0 Å². The molecule has 210 valence electrons. The smallest absolute Gasteiger partial charge is 0.334 e. The Bertz CT molecular complexity index is 627. The summed E-state index contributed by atoms with van der Waals surface area (Å²) in [5.74, 6) is -0.918. The van der Waals surface area contributed by atoms with Crippen molar-refractivity contribution in [2.45, 2.75) is 125 Å². The number of rotatable bonds is 22. The average Bonchev–Trinajstić information content (AvgIpc) is 2.88. The third-order valence-corrected chi connectivity index (χ3v) is 6.91. The topological polar surface area (TPSA) is 78.9 Å². The SMILES string of the molecule is CCCC[C@@H](CC)COC(=O)C/C(=C\C(=O)OC[C@@H](CC)CCCC)C(=O)OC[C@@H](CC)CCCC. The summed E-state index contributed by atoms with van der Waals surface area (Å²) in [7, 11) is 0. The molecule has 6 heteroatoms. The van der Waals surface area contributed by atoms with Crippen LogP contribution in [0.5, 0.6) is 0 Å². The predicted octanol–water partition coefficient (Wildman–Crippen LogP) is 7.58. The van der Waals surface area contributed by atoms with Gasteiger partial charge < -0.3 is 14.2 Å². The van der Waals surface area contributed by atoms with E-state index in [2.05, 4.69) is 41.5 Å². The van der Waals surface area contributed by atoms with Gasteiger partial charge in [0.05, 0.1) is 31.8 Å². The highest BCUT2D eigenvalue weighted by Crippen LogP contribution is 2.17. The predicted molar refractivity (Wildman–Crippen MR) is 145 cm³/mol. The van der Waals surface area contributed by atoms with E-state index >= 15 is 0 Å². The van der Waals surface area contributed by atoms with Gasteiger partial charge in [0.1, 0.15) is 0 Å². The lowest BCUT2D eigenvalue weighted by molar-refractivity contribution is -0.148. The van der Waals surface area contributed by atoms with Crippen molar-refractivity contribution in [1.29, 1.82) is 0 Å². The number of hydrogen-bond acceptors (Lipinski definition) is 6. The van der Waals surface area contributed by atoms with Crippen molar-refractivity contribution >= 4 is 17.9 Å². The Morgan fingerprint density at radius 3 is 1.44 bits per heavy atom. The summed E-state index contributed by atoms with van der Waals surface area (Å²) in [6.07, 6.45) is 13.1. The number of carbonyl (C=O) groups is 3. The van der Waals surface area contributed by atoms with Gasteiger partial charge in [0.2, 0.25) is 0 Å². The second-order valence-electron chi connectivity index (χ2n) is 10.0. The molecule has 6 nitrogen and oxygen atoms in total. The zero-order valence-electron chi connectivity index (χ0n) is 24.1. The molecule has 0 radical (unpaired) electrons. The summed E-state index contributed by atoms with van der Waals surface area (Å²) in [6, 6.07) is 0. The minimum Gasteiger partial charge on any atom is -0.465 e.